The van der Waals surface area contributed by atoms with E-state index in [1.165, 1.54) is 32.4 Å². The average molecular weight is 237 g/mol. The van der Waals surface area contributed by atoms with Gasteiger partial charge in [-0.2, -0.15) is 0 Å². The lowest BCUT2D eigenvalue weighted by molar-refractivity contribution is 0.111. The zero-order valence-electron chi connectivity index (χ0n) is 10.5. The van der Waals surface area contributed by atoms with Crippen LogP contribution in [0, 0.1) is 5.92 Å². The topological polar surface area (TPSA) is 39.1 Å². The summed E-state index contributed by atoms with van der Waals surface area (Å²) >= 11 is 0. The SMILES string of the molecule is c1cn(CCCOCCC2CCCNC2)cn1. The van der Waals surface area contributed by atoms with Crippen molar-refractivity contribution in [1.29, 1.82) is 0 Å². The zero-order valence-corrected chi connectivity index (χ0v) is 10.5. The summed E-state index contributed by atoms with van der Waals surface area (Å²) in [5.41, 5.74) is 0. The third kappa shape index (κ3) is 4.88. The van der Waals surface area contributed by atoms with Crippen molar-refractivity contribution in [3.05, 3.63) is 18.7 Å². The van der Waals surface area contributed by atoms with Crippen LogP contribution in [-0.2, 0) is 11.3 Å². The Kier molecular flexibility index (Phi) is 5.52. The smallest absolute Gasteiger partial charge is 0.0945 e. The maximum atomic E-state index is 5.67. The van der Waals surface area contributed by atoms with E-state index in [1.54, 1.807) is 0 Å². The monoisotopic (exact) mass is 237 g/mol. The predicted molar refractivity (Wildman–Crippen MR) is 67.9 cm³/mol. The Morgan fingerprint density at radius 1 is 1.41 bits per heavy atom. The number of imidazole rings is 1. The molecule has 2 rings (SSSR count). The molecule has 1 N–H and O–H groups in total. The van der Waals surface area contributed by atoms with Crippen LogP contribution in [0.15, 0.2) is 18.7 Å². The molecule has 1 aromatic heterocycles. The third-order valence-electron chi connectivity index (χ3n) is 3.33. The fourth-order valence-corrected chi connectivity index (χ4v) is 2.29. The van der Waals surface area contributed by atoms with Gasteiger partial charge >= 0.3 is 0 Å². The van der Waals surface area contributed by atoms with E-state index in [1.807, 2.05) is 18.7 Å². The molecule has 0 spiro atoms. The van der Waals surface area contributed by atoms with Crippen molar-refractivity contribution >= 4 is 0 Å². The molecule has 0 radical (unpaired) electrons. The first-order valence-electron chi connectivity index (χ1n) is 6.69. The van der Waals surface area contributed by atoms with Crippen LogP contribution in [0.5, 0.6) is 0 Å². The van der Waals surface area contributed by atoms with E-state index < -0.39 is 0 Å². The third-order valence-corrected chi connectivity index (χ3v) is 3.33. The van der Waals surface area contributed by atoms with Crippen LogP contribution in [0.1, 0.15) is 25.7 Å². The van der Waals surface area contributed by atoms with Gasteiger partial charge in [0.1, 0.15) is 0 Å². The van der Waals surface area contributed by atoms with E-state index in [4.69, 9.17) is 4.74 Å². The lowest BCUT2D eigenvalue weighted by Crippen LogP contribution is -2.30. The second kappa shape index (κ2) is 7.45. The minimum Gasteiger partial charge on any atom is -0.381 e. The molecule has 4 nitrogen and oxygen atoms in total. The van der Waals surface area contributed by atoms with Crippen LogP contribution in [0.2, 0.25) is 0 Å². The first-order valence-corrected chi connectivity index (χ1v) is 6.69. The number of hydrogen-bond donors (Lipinski definition) is 1. The number of piperidine rings is 1. The Labute approximate surface area is 103 Å². The van der Waals surface area contributed by atoms with Crippen molar-refractivity contribution < 1.29 is 4.74 Å². The molecule has 0 aromatic carbocycles. The van der Waals surface area contributed by atoms with Gasteiger partial charge in [-0.1, -0.05) is 0 Å². The summed E-state index contributed by atoms with van der Waals surface area (Å²) in [4.78, 5) is 4.01. The minimum atomic E-state index is 0.831. The Morgan fingerprint density at radius 2 is 2.41 bits per heavy atom. The summed E-state index contributed by atoms with van der Waals surface area (Å²) in [6.07, 6.45) is 10.6. The van der Waals surface area contributed by atoms with Crippen LogP contribution in [-0.4, -0.2) is 35.9 Å². The first kappa shape index (κ1) is 12.6. The summed E-state index contributed by atoms with van der Waals surface area (Å²) in [7, 11) is 0. The number of hydrogen-bond acceptors (Lipinski definition) is 3. The largest absolute Gasteiger partial charge is 0.381 e. The van der Waals surface area contributed by atoms with Crippen molar-refractivity contribution in [2.75, 3.05) is 26.3 Å². The Bertz CT molecular complexity index is 281. The molecule has 0 aliphatic carbocycles. The molecule has 1 atom stereocenters. The van der Waals surface area contributed by atoms with Crippen LogP contribution in [0.3, 0.4) is 0 Å². The Morgan fingerprint density at radius 3 is 3.18 bits per heavy atom. The molecule has 0 saturated carbocycles. The van der Waals surface area contributed by atoms with Gasteiger partial charge in [-0.05, 0) is 44.7 Å². The second-order valence-corrected chi connectivity index (χ2v) is 4.77. The van der Waals surface area contributed by atoms with Crippen LogP contribution in [0.25, 0.3) is 0 Å². The normalized spacial score (nSPS) is 20.6. The van der Waals surface area contributed by atoms with E-state index in [9.17, 15) is 0 Å². The van der Waals surface area contributed by atoms with Crippen molar-refractivity contribution in [2.24, 2.45) is 5.92 Å². The molecule has 0 bridgehead atoms. The van der Waals surface area contributed by atoms with Crippen LogP contribution < -0.4 is 5.32 Å². The van der Waals surface area contributed by atoms with E-state index in [-0.39, 0.29) is 0 Å². The molecule has 1 fully saturated rings. The van der Waals surface area contributed by atoms with E-state index in [0.717, 1.165) is 32.1 Å². The fraction of sp³-hybridized carbons (Fsp3) is 0.769. The summed E-state index contributed by atoms with van der Waals surface area (Å²) < 4.78 is 7.76. The molecule has 96 valence electrons. The number of nitrogens with zero attached hydrogens (tertiary/aromatic N) is 2. The van der Waals surface area contributed by atoms with E-state index in [2.05, 4.69) is 14.9 Å². The van der Waals surface area contributed by atoms with Gasteiger partial charge in [0, 0.05) is 32.2 Å². The van der Waals surface area contributed by atoms with Crippen molar-refractivity contribution in [2.45, 2.75) is 32.2 Å². The Balaban J connectivity index is 1.43. The number of aryl methyl sites for hydroxylation is 1. The standard InChI is InChI=1S/C13H23N3O/c1-3-13(11-14-5-1)4-10-17-9-2-7-16-8-6-15-12-16/h6,8,12-14H,1-5,7,9-11H2. The molecule has 1 aliphatic heterocycles. The molecule has 1 aromatic rings. The van der Waals surface area contributed by atoms with Gasteiger partial charge in [0.05, 0.1) is 6.33 Å². The maximum absolute atomic E-state index is 5.67. The zero-order chi connectivity index (χ0) is 11.8. The second-order valence-electron chi connectivity index (χ2n) is 4.77. The highest BCUT2D eigenvalue weighted by atomic mass is 16.5. The lowest BCUT2D eigenvalue weighted by Gasteiger charge is -2.22. The predicted octanol–water partition coefficient (Wildman–Crippen LogP) is 1.68. The van der Waals surface area contributed by atoms with Gasteiger partial charge in [-0.25, -0.2) is 4.98 Å². The van der Waals surface area contributed by atoms with E-state index in [0.29, 0.717) is 0 Å². The van der Waals surface area contributed by atoms with Gasteiger partial charge in [0.2, 0.25) is 0 Å². The Hall–Kier alpha value is -0.870. The van der Waals surface area contributed by atoms with Crippen molar-refractivity contribution in [1.82, 2.24) is 14.9 Å². The van der Waals surface area contributed by atoms with Gasteiger partial charge in [0.25, 0.3) is 0 Å². The van der Waals surface area contributed by atoms with Gasteiger partial charge in [-0.3, -0.25) is 0 Å². The molecule has 1 saturated heterocycles. The highest BCUT2D eigenvalue weighted by Crippen LogP contribution is 2.13. The minimum absolute atomic E-state index is 0.831. The highest BCUT2D eigenvalue weighted by molar-refractivity contribution is 4.73. The molecular weight excluding hydrogens is 214 g/mol. The lowest BCUT2D eigenvalue weighted by atomic mass is 9.97. The first-order chi connectivity index (χ1) is 8.45. The summed E-state index contributed by atoms with van der Waals surface area (Å²) in [6, 6.07) is 0. The molecule has 0 amide bonds. The number of nitrogens with one attached hydrogen (secondary N) is 1. The molecule has 2 heterocycles. The van der Waals surface area contributed by atoms with Crippen LogP contribution >= 0.6 is 0 Å². The number of ether oxygens (including phenoxy) is 1. The number of aromatic nitrogens is 2. The van der Waals surface area contributed by atoms with Crippen LogP contribution in [0.4, 0.5) is 0 Å². The van der Waals surface area contributed by atoms with Gasteiger partial charge in [-0.15, -0.1) is 0 Å². The molecule has 17 heavy (non-hydrogen) atoms. The van der Waals surface area contributed by atoms with E-state index >= 15 is 0 Å². The quantitative estimate of drug-likeness (QED) is 0.733. The summed E-state index contributed by atoms with van der Waals surface area (Å²) in [5, 5.41) is 3.44. The summed E-state index contributed by atoms with van der Waals surface area (Å²) in [6.45, 7) is 5.15. The molecule has 1 unspecified atom stereocenters. The van der Waals surface area contributed by atoms with Crippen molar-refractivity contribution in [3.63, 3.8) is 0 Å². The van der Waals surface area contributed by atoms with Gasteiger partial charge < -0.3 is 14.6 Å². The molecular formula is C13H23N3O. The maximum Gasteiger partial charge on any atom is 0.0945 e. The summed E-state index contributed by atoms with van der Waals surface area (Å²) in [5.74, 6) is 0.831. The van der Waals surface area contributed by atoms with Gasteiger partial charge in [0.15, 0.2) is 0 Å². The molecule has 1 aliphatic rings. The molecule has 4 heteroatoms. The number of rotatable bonds is 7. The average Bonchev–Trinajstić information content (AvgIpc) is 2.88. The van der Waals surface area contributed by atoms with Crippen molar-refractivity contribution in [3.8, 4) is 0 Å². The fourth-order valence-electron chi connectivity index (χ4n) is 2.29. The highest BCUT2D eigenvalue weighted by Gasteiger charge is 2.11.